The van der Waals surface area contributed by atoms with Gasteiger partial charge in [-0.05, 0) is 29.7 Å². The van der Waals surface area contributed by atoms with Crippen LogP contribution in [0.1, 0.15) is 19.8 Å². The van der Waals surface area contributed by atoms with E-state index in [0.29, 0.717) is 6.42 Å². The molecular weight excluding hydrogens is 452 g/mol. The van der Waals surface area contributed by atoms with Crippen LogP contribution in [0.25, 0.3) is 0 Å². The highest BCUT2D eigenvalue weighted by Gasteiger charge is 2.72. The normalized spacial score (nSPS) is 39.4. The zero-order valence-electron chi connectivity index (χ0n) is 17.9. The second kappa shape index (κ2) is 7.43. The van der Waals surface area contributed by atoms with E-state index in [2.05, 4.69) is 0 Å². The minimum atomic E-state index is -1.21. The molecule has 5 aliphatic rings. The van der Waals surface area contributed by atoms with Crippen LogP contribution in [0.15, 0.2) is 48.0 Å². The highest BCUT2D eigenvalue weighted by atomic mass is 32.2. The standard InChI is InChI=1S/C22H24N2O6S2/c1-12(25)30-16-7-8-29-11-14-10-22(32-3)19(27)23-17-13(5-4-6-15(17)26)9-21(23,31-2)20(28)24(22)18(14)16/h4-8,11,15-18,26H,9-10H2,1-3H3. The van der Waals surface area contributed by atoms with Gasteiger partial charge < -0.3 is 24.4 Å². The van der Waals surface area contributed by atoms with Gasteiger partial charge in [0, 0.05) is 19.8 Å². The zero-order valence-corrected chi connectivity index (χ0v) is 19.5. The molecule has 0 aromatic carbocycles. The molecule has 4 heterocycles. The maximum absolute atomic E-state index is 14.3. The number of rotatable bonds is 3. The minimum Gasteiger partial charge on any atom is -0.473 e. The molecular formula is C22H24N2O6S2. The van der Waals surface area contributed by atoms with Crippen molar-refractivity contribution >= 4 is 41.3 Å². The topological polar surface area (TPSA) is 96.4 Å². The van der Waals surface area contributed by atoms with Gasteiger partial charge in [-0.2, -0.15) is 0 Å². The van der Waals surface area contributed by atoms with E-state index in [1.54, 1.807) is 40.5 Å². The maximum Gasteiger partial charge on any atom is 0.303 e. The van der Waals surface area contributed by atoms with E-state index in [1.165, 1.54) is 36.7 Å². The number of allylic oxidation sites excluding steroid dienone is 2. The van der Waals surface area contributed by atoms with Crippen molar-refractivity contribution in [1.82, 2.24) is 9.80 Å². The molecule has 0 spiro atoms. The lowest BCUT2D eigenvalue weighted by atomic mass is 9.96. The van der Waals surface area contributed by atoms with E-state index in [1.807, 2.05) is 12.3 Å². The molecule has 5 rings (SSSR count). The average molecular weight is 477 g/mol. The molecule has 0 aromatic heterocycles. The zero-order chi connectivity index (χ0) is 22.8. The predicted octanol–water partition coefficient (Wildman–Crippen LogP) is 1.54. The molecule has 10 heteroatoms. The Morgan fingerprint density at radius 3 is 2.34 bits per heavy atom. The Labute approximate surface area is 194 Å². The van der Waals surface area contributed by atoms with Crippen LogP contribution in [-0.4, -0.2) is 79.2 Å². The number of amides is 2. The molecule has 3 fully saturated rings. The molecule has 32 heavy (non-hydrogen) atoms. The summed E-state index contributed by atoms with van der Waals surface area (Å²) in [5.41, 5.74) is 1.58. The van der Waals surface area contributed by atoms with Gasteiger partial charge in [-0.25, -0.2) is 0 Å². The largest absolute Gasteiger partial charge is 0.473 e. The molecule has 1 N–H and O–H groups in total. The van der Waals surface area contributed by atoms with Crippen molar-refractivity contribution < 1.29 is 29.0 Å². The van der Waals surface area contributed by atoms with E-state index >= 15 is 0 Å². The van der Waals surface area contributed by atoms with Crippen LogP contribution in [0.4, 0.5) is 0 Å². The van der Waals surface area contributed by atoms with Crippen LogP contribution in [0.2, 0.25) is 0 Å². The Morgan fingerprint density at radius 1 is 1.09 bits per heavy atom. The van der Waals surface area contributed by atoms with Crippen molar-refractivity contribution in [2.24, 2.45) is 0 Å². The summed E-state index contributed by atoms with van der Waals surface area (Å²) in [6, 6.07) is -1.22. The minimum absolute atomic E-state index is 0.220. The number of fused-ring (bicyclic) bond motifs is 6. The van der Waals surface area contributed by atoms with Gasteiger partial charge in [0.25, 0.3) is 11.8 Å². The maximum atomic E-state index is 14.3. The highest BCUT2D eigenvalue weighted by molar-refractivity contribution is 8.01. The Hall–Kier alpha value is -2.17. The molecule has 0 bridgehead atoms. The monoisotopic (exact) mass is 476 g/mol. The predicted molar refractivity (Wildman–Crippen MR) is 120 cm³/mol. The number of piperazine rings is 1. The average Bonchev–Trinajstić information content (AvgIpc) is 3.23. The fourth-order valence-corrected chi connectivity index (χ4v) is 7.55. The number of hydrogen-bond donors (Lipinski definition) is 1. The fraction of sp³-hybridized carbons (Fsp3) is 0.500. The van der Waals surface area contributed by atoms with Gasteiger partial charge >= 0.3 is 5.97 Å². The first kappa shape index (κ1) is 21.7. The number of aliphatic hydroxyl groups excluding tert-OH is 1. The van der Waals surface area contributed by atoms with E-state index in [9.17, 15) is 19.5 Å². The van der Waals surface area contributed by atoms with Crippen LogP contribution in [0.3, 0.4) is 0 Å². The third kappa shape index (κ3) is 2.66. The molecule has 1 aliphatic carbocycles. The molecule has 4 aliphatic heterocycles. The molecule has 6 atom stereocenters. The highest BCUT2D eigenvalue weighted by Crippen LogP contribution is 2.59. The van der Waals surface area contributed by atoms with Crippen LogP contribution >= 0.6 is 23.5 Å². The third-order valence-electron chi connectivity index (χ3n) is 6.88. The number of carbonyl (C=O) groups is 3. The van der Waals surface area contributed by atoms with Gasteiger partial charge in [-0.3, -0.25) is 14.4 Å². The summed E-state index contributed by atoms with van der Waals surface area (Å²) < 4.78 is 11.0. The third-order valence-corrected chi connectivity index (χ3v) is 9.27. The lowest BCUT2D eigenvalue weighted by molar-refractivity contribution is -0.169. The van der Waals surface area contributed by atoms with Gasteiger partial charge in [0.2, 0.25) is 0 Å². The first-order valence-electron chi connectivity index (χ1n) is 10.3. The number of esters is 1. The van der Waals surface area contributed by atoms with Crippen molar-refractivity contribution in [3.05, 3.63) is 48.0 Å². The molecule has 0 radical (unpaired) electrons. The summed E-state index contributed by atoms with van der Waals surface area (Å²) in [4.78, 5) is 41.3. The van der Waals surface area contributed by atoms with Crippen LogP contribution in [0.5, 0.6) is 0 Å². The van der Waals surface area contributed by atoms with Crippen molar-refractivity contribution in [2.75, 3.05) is 12.5 Å². The lowest BCUT2D eigenvalue weighted by Crippen LogP contribution is -2.74. The number of aliphatic hydroxyl groups is 1. The summed E-state index contributed by atoms with van der Waals surface area (Å²) in [5, 5.41) is 10.8. The lowest BCUT2D eigenvalue weighted by Gasteiger charge is -2.54. The molecule has 170 valence electrons. The second-order valence-electron chi connectivity index (χ2n) is 8.42. The van der Waals surface area contributed by atoms with E-state index < -0.39 is 40.0 Å². The summed E-state index contributed by atoms with van der Waals surface area (Å²) in [7, 11) is 0. The second-order valence-corrected chi connectivity index (χ2v) is 10.6. The number of thioether (sulfide) groups is 2. The number of carbonyl (C=O) groups excluding carboxylic acids is 3. The Balaban J connectivity index is 1.68. The number of ether oxygens (including phenoxy) is 2. The van der Waals surface area contributed by atoms with Crippen LogP contribution < -0.4 is 0 Å². The Morgan fingerprint density at radius 2 is 1.72 bits per heavy atom. The smallest absolute Gasteiger partial charge is 0.303 e. The fourth-order valence-electron chi connectivity index (χ4n) is 5.59. The van der Waals surface area contributed by atoms with Crippen molar-refractivity contribution in [3.63, 3.8) is 0 Å². The number of nitrogens with zero attached hydrogens (tertiary/aromatic N) is 2. The molecule has 6 unspecified atom stereocenters. The summed E-state index contributed by atoms with van der Waals surface area (Å²) in [6.07, 6.45) is 12.4. The van der Waals surface area contributed by atoms with Crippen molar-refractivity contribution in [1.29, 1.82) is 0 Å². The molecule has 0 saturated carbocycles. The first-order valence-corrected chi connectivity index (χ1v) is 12.8. The van der Waals surface area contributed by atoms with Gasteiger partial charge in [0.1, 0.15) is 6.10 Å². The summed E-state index contributed by atoms with van der Waals surface area (Å²) >= 11 is 2.60. The van der Waals surface area contributed by atoms with Gasteiger partial charge in [0.15, 0.2) is 9.74 Å². The van der Waals surface area contributed by atoms with Crippen LogP contribution in [-0.2, 0) is 23.9 Å². The van der Waals surface area contributed by atoms with E-state index in [-0.39, 0.29) is 18.2 Å². The van der Waals surface area contributed by atoms with Crippen molar-refractivity contribution in [3.8, 4) is 0 Å². The molecule has 2 amide bonds. The molecule has 3 saturated heterocycles. The van der Waals surface area contributed by atoms with Gasteiger partial charge in [-0.15, -0.1) is 23.5 Å². The van der Waals surface area contributed by atoms with E-state index in [4.69, 9.17) is 9.47 Å². The first-order chi connectivity index (χ1) is 15.3. The van der Waals surface area contributed by atoms with Gasteiger partial charge in [-0.1, -0.05) is 18.2 Å². The molecule has 8 nitrogen and oxygen atoms in total. The quantitative estimate of drug-likeness (QED) is 0.613. The Kier molecular flexibility index (Phi) is 5.03. The number of hydrogen-bond acceptors (Lipinski definition) is 8. The van der Waals surface area contributed by atoms with Crippen LogP contribution in [0, 0.1) is 0 Å². The summed E-state index contributed by atoms with van der Waals surface area (Å²) in [6.45, 7) is 1.32. The van der Waals surface area contributed by atoms with Crippen molar-refractivity contribution in [2.45, 2.75) is 53.8 Å². The molecule has 0 aromatic rings. The Bertz CT molecular complexity index is 1020. The summed E-state index contributed by atoms with van der Waals surface area (Å²) in [5.74, 6) is -0.922. The van der Waals surface area contributed by atoms with Gasteiger partial charge in [0.05, 0.1) is 30.7 Å². The SMILES string of the molecule is CSC12CC3=CC=CC(O)C3N1C(=O)C1(SC)CC3=COC=CC(OC(C)=O)C3N1C2=O. The van der Waals surface area contributed by atoms with E-state index in [0.717, 1.165) is 11.1 Å².